The van der Waals surface area contributed by atoms with E-state index in [0.29, 0.717) is 10.7 Å². The first kappa shape index (κ1) is 18.0. The van der Waals surface area contributed by atoms with Crippen molar-refractivity contribution in [2.45, 2.75) is 19.4 Å². The fraction of sp³-hybridized carbons (Fsp3) is 0.312. The van der Waals surface area contributed by atoms with Gasteiger partial charge in [-0.1, -0.05) is 17.7 Å². The Bertz CT molecular complexity index is 745. The van der Waals surface area contributed by atoms with Crippen LogP contribution in [0.2, 0.25) is 5.02 Å². The van der Waals surface area contributed by atoms with Gasteiger partial charge in [0.1, 0.15) is 6.04 Å². The third-order valence-corrected chi connectivity index (χ3v) is 3.62. The molecule has 1 aromatic carbocycles. The molecule has 24 heavy (non-hydrogen) atoms. The number of hydrogen-bond acceptors (Lipinski definition) is 4. The SMILES string of the molecule is COCCC(NC(=O)c1cc(C)n(-c2cccc(Cl)c2)n1)C(=O)O. The first-order valence-electron chi connectivity index (χ1n) is 7.27. The molecular weight excluding hydrogens is 334 g/mol. The Labute approximate surface area is 144 Å². The Morgan fingerprint density at radius 3 is 2.79 bits per heavy atom. The van der Waals surface area contributed by atoms with Gasteiger partial charge in [-0.3, -0.25) is 4.79 Å². The van der Waals surface area contributed by atoms with Crippen molar-refractivity contribution in [3.8, 4) is 5.69 Å². The van der Waals surface area contributed by atoms with Gasteiger partial charge in [0, 0.05) is 30.9 Å². The quantitative estimate of drug-likeness (QED) is 0.796. The third-order valence-electron chi connectivity index (χ3n) is 3.39. The molecule has 0 fully saturated rings. The highest BCUT2D eigenvalue weighted by Gasteiger charge is 2.22. The minimum atomic E-state index is -1.12. The van der Waals surface area contributed by atoms with Crippen LogP contribution < -0.4 is 5.32 Å². The zero-order chi connectivity index (χ0) is 17.7. The summed E-state index contributed by atoms with van der Waals surface area (Å²) in [5.41, 5.74) is 1.58. The molecule has 1 unspecified atom stereocenters. The number of nitrogens with zero attached hydrogens (tertiary/aromatic N) is 2. The maximum Gasteiger partial charge on any atom is 0.326 e. The van der Waals surface area contributed by atoms with E-state index >= 15 is 0 Å². The Kier molecular flexibility index (Phi) is 5.94. The van der Waals surface area contributed by atoms with E-state index in [2.05, 4.69) is 10.4 Å². The molecule has 128 valence electrons. The summed E-state index contributed by atoms with van der Waals surface area (Å²) in [4.78, 5) is 23.5. The smallest absolute Gasteiger partial charge is 0.326 e. The van der Waals surface area contributed by atoms with E-state index < -0.39 is 17.9 Å². The summed E-state index contributed by atoms with van der Waals surface area (Å²) < 4.78 is 6.43. The summed E-state index contributed by atoms with van der Waals surface area (Å²) in [6.07, 6.45) is 0.172. The van der Waals surface area contributed by atoms with Gasteiger partial charge in [-0.15, -0.1) is 0 Å². The molecule has 2 rings (SSSR count). The highest BCUT2D eigenvalue weighted by atomic mass is 35.5. The van der Waals surface area contributed by atoms with Gasteiger partial charge in [-0.2, -0.15) is 5.10 Å². The van der Waals surface area contributed by atoms with Crippen molar-refractivity contribution in [2.24, 2.45) is 0 Å². The van der Waals surface area contributed by atoms with Crippen LogP contribution in [0.25, 0.3) is 5.69 Å². The number of hydrogen-bond donors (Lipinski definition) is 2. The predicted octanol–water partition coefficient (Wildman–Crippen LogP) is 2.05. The van der Waals surface area contributed by atoms with Crippen LogP contribution in [0.5, 0.6) is 0 Å². The molecular formula is C16H18ClN3O4. The van der Waals surface area contributed by atoms with Crippen molar-refractivity contribution >= 4 is 23.5 Å². The maximum atomic E-state index is 12.3. The van der Waals surface area contributed by atoms with E-state index in [1.165, 1.54) is 7.11 Å². The number of aryl methyl sites for hydroxylation is 1. The van der Waals surface area contributed by atoms with Gasteiger partial charge in [0.2, 0.25) is 0 Å². The van der Waals surface area contributed by atoms with Crippen LogP contribution in [0.3, 0.4) is 0 Å². The van der Waals surface area contributed by atoms with Gasteiger partial charge in [-0.05, 0) is 31.2 Å². The number of methoxy groups -OCH3 is 1. The molecule has 2 N–H and O–H groups in total. The van der Waals surface area contributed by atoms with Crippen LogP contribution >= 0.6 is 11.6 Å². The first-order valence-corrected chi connectivity index (χ1v) is 7.65. The van der Waals surface area contributed by atoms with Crippen molar-refractivity contribution in [2.75, 3.05) is 13.7 Å². The van der Waals surface area contributed by atoms with Gasteiger partial charge in [-0.25, -0.2) is 9.48 Å². The van der Waals surface area contributed by atoms with Crippen LogP contribution in [-0.4, -0.2) is 46.5 Å². The lowest BCUT2D eigenvalue weighted by atomic mass is 10.2. The number of benzene rings is 1. The highest BCUT2D eigenvalue weighted by molar-refractivity contribution is 6.30. The molecule has 0 saturated carbocycles. The second-order valence-corrected chi connectivity index (χ2v) is 5.64. The highest BCUT2D eigenvalue weighted by Crippen LogP contribution is 2.17. The number of carboxylic acids is 1. The van der Waals surface area contributed by atoms with E-state index in [9.17, 15) is 9.59 Å². The third kappa shape index (κ3) is 4.33. The molecule has 0 saturated heterocycles. The molecule has 0 aliphatic rings. The molecule has 0 radical (unpaired) electrons. The minimum Gasteiger partial charge on any atom is -0.480 e. The van der Waals surface area contributed by atoms with Crippen molar-refractivity contribution in [1.29, 1.82) is 0 Å². The van der Waals surface area contributed by atoms with Gasteiger partial charge in [0.15, 0.2) is 5.69 Å². The maximum absolute atomic E-state index is 12.3. The zero-order valence-electron chi connectivity index (χ0n) is 13.3. The molecule has 2 aromatic rings. The summed E-state index contributed by atoms with van der Waals surface area (Å²) >= 11 is 5.97. The van der Waals surface area contributed by atoms with Crippen LogP contribution in [0.4, 0.5) is 0 Å². The molecule has 7 nitrogen and oxygen atoms in total. The number of aromatic nitrogens is 2. The molecule has 0 spiro atoms. The average molecular weight is 352 g/mol. The first-order chi connectivity index (χ1) is 11.4. The number of halogens is 1. The van der Waals surface area contributed by atoms with E-state index in [1.807, 2.05) is 6.07 Å². The molecule has 8 heteroatoms. The standard InChI is InChI=1S/C16H18ClN3O4/c1-10-8-14(15(21)18-13(16(22)23)6-7-24-2)19-20(10)12-5-3-4-11(17)9-12/h3-5,8-9,13H,6-7H2,1-2H3,(H,18,21)(H,22,23). The van der Waals surface area contributed by atoms with Crippen molar-refractivity contribution in [3.05, 3.63) is 46.7 Å². The Balaban J connectivity index is 2.19. The second-order valence-electron chi connectivity index (χ2n) is 5.21. The average Bonchev–Trinajstić information content (AvgIpc) is 2.93. The van der Waals surface area contributed by atoms with Crippen LogP contribution in [0, 0.1) is 6.92 Å². The molecule has 0 aliphatic carbocycles. The van der Waals surface area contributed by atoms with Crippen LogP contribution in [0.1, 0.15) is 22.6 Å². The molecule has 0 aliphatic heterocycles. The summed E-state index contributed by atoms with van der Waals surface area (Å²) in [5.74, 6) is -1.67. The number of nitrogens with one attached hydrogen (secondary N) is 1. The summed E-state index contributed by atoms with van der Waals surface area (Å²) in [7, 11) is 1.47. The van der Waals surface area contributed by atoms with Crippen LogP contribution in [-0.2, 0) is 9.53 Å². The Morgan fingerprint density at radius 2 is 2.17 bits per heavy atom. The van der Waals surface area contributed by atoms with Gasteiger partial charge in [0.25, 0.3) is 5.91 Å². The number of rotatable bonds is 7. The lowest BCUT2D eigenvalue weighted by molar-refractivity contribution is -0.139. The van der Waals surface area contributed by atoms with E-state index in [-0.39, 0.29) is 18.7 Å². The topological polar surface area (TPSA) is 93.5 Å². The summed E-state index contributed by atoms with van der Waals surface area (Å²) in [5, 5.41) is 16.4. The number of carboxylic acid groups (broad SMARTS) is 1. The van der Waals surface area contributed by atoms with Gasteiger partial charge < -0.3 is 15.2 Å². The number of ether oxygens (including phenoxy) is 1. The molecule has 1 heterocycles. The van der Waals surface area contributed by atoms with Crippen molar-refractivity contribution in [1.82, 2.24) is 15.1 Å². The largest absolute Gasteiger partial charge is 0.480 e. The molecule has 1 aromatic heterocycles. The van der Waals surface area contributed by atoms with Crippen molar-refractivity contribution < 1.29 is 19.4 Å². The fourth-order valence-electron chi connectivity index (χ4n) is 2.18. The zero-order valence-corrected chi connectivity index (χ0v) is 14.1. The number of aliphatic carboxylic acids is 1. The molecule has 0 bridgehead atoms. The van der Waals surface area contributed by atoms with E-state index in [0.717, 1.165) is 5.69 Å². The Morgan fingerprint density at radius 1 is 1.42 bits per heavy atom. The van der Waals surface area contributed by atoms with Gasteiger partial charge in [0.05, 0.1) is 5.69 Å². The number of amides is 1. The van der Waals surface area contributed by atoms with E-state index in [1.54, 1.807) is 35.9 Å². The Hall–Kier alpha value is -2.38. The van der Waals surface area contributed by atoms with E-state index in [4.69, 9.17) is 21.4 Å². The fourth-order valence-corrected chi connectivity index (χ4v) is 2.36. The monoisotopic (exact) mass is 351 g/mol. The van der Waals surface area contributed by atoms with Crippen molar-refractivity contribution in [3.63, 3.8) is 0 Å². The minimum absolute atomic E-state index is 0.135. The normalized spacial score (nSPS) is 12.0. The number of carbonyl (C=O) groups is 2. The summed E-state index contributed by atoms with van der Waals surface area (Å²) in [6.45, 7) is 2.03. The lowest BCUT2D eigenvalue weighted by Crippen LogP contribution is -2.41. The number of carbonyl (C=O) groups excluding carboxylic acids is 1. The van der Waals surface area contributed by atoms with Crippen LogP contribution in [0.15, 0.2) is 30.3 Å². The predicted molar refractivity (Wildman–Crippen MR) is 88.7 cm³/mol. The second kappa shape index (κ2) is 7.94. The van der Waals surface area contributed by atoms with Gasteiger partial charge >= 0.3 is 5.97 Å². The summed E-state index contributed by atoms with van der Waals surface area (Å²) in [6, 6.07) is 7.61. The molecule has 1 atom stereocenters. The molecule has 1 amide bonds. The lowest BCUT2D eigenvalue weighted by Gasteiger charge is -2.12.